The van der Waals surface area contributed by atoms with Gasteiger partial charge in [0.25, 0.3) is 0 Å². The summed E-state index contributed by atoms with van der Waals surface area (Å²) in [6.07, 6.45) is 11.8. The van der Waals surface area contributed by atoms with Crippen LogP contribution in [0.4, 0.5) is 0 Å². The third-order valence-corrected chi connectivity index (χ3v) is 5.85. The zero-order valence-electron chi connectivity index (χ0n) is 18.3. The average molecular weight is 416 g/mol. The van der Waals surface area contributed by atoms with Gasteiger partial charge in [-0.2, -0.15) is 0 Å². The quantitative estimate of drug-likeness (QED) is 0.217. The van der Waals surface area contributed by atoms with Crippen molar-refractivity contribution >= 4 is 10.1 Å². The first-order valence-electron chi connectivity index (χ1n) is 10.7. The molecule has 164 valence electrons. The van der Waals surface area contributed by atoms with Gasteiger partial charge in [-0.25, -0.2) is 8.42 Å². The summed E-state index contributed by atoms with van der Waals surface area (Å²) in [5, 5.41) is 9.52. The first-order valence-corrected chi connectivity index (χ1v) is 12.1. The summed E-state index contributed by atoms with van der Waals surface area (Å²) >= 11 is 0. The van der Waals surface area contributed by atoms with E-state index in [0.29, 0.717) is 6.73 Å². The van der Waals surface area contributed by atoms with E-state index >= 15 is 0 Å². The van der Waals surface area contributed by atoms with Crippen molar-refractivity contribution in [1.82, 2.24) is 0 Å². The van der Waals surface area contributed by atoms with Gasteiger partial charge in [0.1, 0.15) is 10.1 Å². The minimum atomic E-state index is -4.27. The lowest BCUT2D eigenvalue weighted by molar-refractivity contribution is -0.927. The molecule has 0 bridgehead atoms. The molecule has 6 heteroatoms. The highest BCUT2D eigenvalue weighted by Crippen LogP contribution is 2.11. The Kier molecular flexibility index (Phi) is 14.5. The summed E-state index contributed by atoms with van der Waals surface area (Å²) in [5.41, 5.74) is 0.928. The highest BCUT2D eigenvalue weighted by Gasteiger charge is 2.18. The van der Waals surface area contributed by atoms with Crippen LogP contribution >= 0.6 is 0 Å². The molecule has 0 aliphatic rings. The topological polar surface area (TPSA) is 77.4 Å². The van der Waals surface area contributed by atoms with E-state index in [9.17, 15) is 18.1 Å². The molecule has 0 heterocycles. The van der Waals surface area contributed by atoms with Gasteiger partial charge >= 0.3 is 0 Å². The van der Waals surface area contributed by atoms with Gasteiger partial charge in [0, 0.05) is 0 Å². The predicted molar refractivity (Wildman–Crippen MR) is 115 cm³/mol. The molecule has 0 fully saturated rings. The fraction of sp³-hybridized carbons (Fsp3) is 0.727. The van der Waals surface area contributed by atoms with E-state index < -0.39 is 10.1 Å². The van der Waals surface area contributed by atoms with Gasteiger partial charge in [-0.05, 0) is 44.7 Å². The maximum Gasteiger partial charge on any atom is 0.180 e. The molecule has 0 aliphatic carbocycles. The molecule has 0 saturated heterocycles. The standard InChI is InChI=1S/C15H34NO.C7H8O3S/c1-4-6-8-10-12-14-16(3,15-17)13-11-9-7-5-2;1-6-2-4-7(5-3-6)11(8,9)10/h17H,4-15H2,1-3H3;2-5H,1H3,(H,8,9,10)/q+1;/p-1. The summed E-state index contributed by atoms with van der Waals surface area (Å²) in [5.74, 6) is 0. The Labute approximate surface area is 173 Å². The molecule has 0 aliphatic heterocycles. The molecule has 0 aromatic heterocycles. The summed E-state index contributed by atoms with van der Waals surface area (Å²) in [6, 6.07) is 5.78. The number of nitrogens with zero attached hydrogens (tertiary/aromatic N) is 1. The van der Waals surface area contributed by atoms with Crippen LogP contribution in [-0.2, 0) is 10.1 Å². The minimum absolute atomic E-state index is 0.178. The van der Waals surface area contributed by atoms with Crippen molar-refractivity contribution in [2.75, 3.05) is 26.9 Å². The molecule has 0 radical (unpaired) electrons. The third kappa shape index (κ3) is 13.3. The number of aliphatic hydroxyl groups excluding tert-OH is 1. The third-order valence-electron chi connectivity index (χ3n) is 5.00. The van der Waals surface area contributed by atoms with Crippen LogP contribution in [0.3, 0.4) is 0 Å². The molecule has 0 amide bonds. The van der Waals surface area contributed by atoms with E-state index in [2.05, 4.69) is 20.9 Å². The lowest BCUT2D eigenvalue weighted by atomic mass is 10.1. The maximum atomic E-state index is 10.4. The van der Waals surface area contributed by atoms with Crippen LogP contribution < -0.4 is 0 Å². The van der Waals surface area contributed by atoms with Gasteiger partial charge < -0.3 is 14.1 Å². The van der Waals surface area contributed by atoms with E-state index in [-0.39, 0.29) is 4.90 Å². The molecular weight excluding hydrogens is 374 g/mol. The minimum Gasteiger partial charge on any atom is -0.744 e. The van der Waals surface area contributed by atoms with Crippen molar-refractivity contribution in [2.45, 2.75) is 83.5 Å². The second-order valence-corrected chi connectivity index (χ2v) is 9.33. The number of hydrogen-bond donors (Lipinski definition) is 1. The Bertz CT molecular complexity index is 601. The Morgan fingerprint density at radius 2 is 1.29 bits per heavy atom. The van der Waals surface area contributed by atoms with Crippen LogP contribution in [0.1, 0.15) is 77.2 Å². The second-order valence-electron chi connectivity index (χ2n) is 7.95. The lowest BCUT2D eigenvalue weighted by Gasteiger charge is -2.32. The second kappa shape index (κ2) is 15.0. The highest BCUT2D eigenvalue weighted by atomic mass is 32.2. The molecule has 1 aromatic carbocycles. The monoisotopic (exact) mass is 415 g/mol. The number of hydrogen-bond acceptors (Lipinski definition) is 4. The van der Waals surface area contributed by atoms with Crippen LogP contribution in [0.5, 0.6) is 0 Å². The summed E-state index contributed by atoms with van der Waals surface area (Å²) in [7, 11) is -2.07. The Morgan fingerprint density at radius 1 is 0.857 bits per heavy atom. The Hall–Kier alpha value is -0.950. The average Bonchev–Trinajstić information content (AvgIpc) is 2.65. The van der Waals surface area contributed by atoms with Crippen molar-refractivity contribution in [1.29, 1.82) is 0 Å². The first-order chi connectivity index (χ1) is 13.2. The van der Waals surface area contributed by atoms with E-state index in [0.717, 1.165) is 23.1 Å². The van der Waals surface area contributed by atoms with E-state index in [1.807, 2.05) is 6.92 Å². The molecule has 0 saturated carbocycles. The number of quaternary nitrogens is 1. The fourth-order valence-corrected chi connectivity index (χ4v) is 3.44. The summed E-state index contributed by atoms with van der Waals surface area (Å²) < 4.78 is 32.0. The SMILES string of the molecule is CCCCCCC[N+](C)(CO)CCCCCC.Cc1ccc(S(=O)(=O)[O-])cc1. The van der Waals surface area contributed by atoms with Gasteiger partial charge in [-0.3, -0.25) is 0 Å². The number of benzene rings is 1. The molecule has 28 heavy (non-hydrogen) atoms. The summed E-state index contributed by atoms with van der Waals surface area (Å²) in [6.45, 7) is 8.91. The van der Waals surface area contributed by atoms with Crippen LogP contribution in [-0.4, -0.2) is 49.4 Å². The number of rotatable bonds is 13. The Balaban J connectivity index is 0.000000567. The van der Waals surface area contributed by atoms with Crippen LogP contribution in [0.15, 0.2) is 29.2 Å². The van der Waals surface area contributed by atoms with Gasteiger partial charge in [-0.1, -0.05) is 63.6 Å². The van der Waals surface area contributed by atoms with Crippen molar-refractivity contribution in [2.24, 2.45) is 0 Å². The predicted octanol–water partition coefficient (Wildman–Crippen LogP) is 4.83. The number of aryl methyl sites for hydroxylation is 1. The normalized spacial score (nSPS) is 13.5. The largest absolute Gasteiger partial charge is 0.744 e. The molecule has 1 atom stereocenters. The zero-order valence-corrected chi connectivity index (χ0v) is 19.1. The molecule has 1 unspecified atom stereocenters. The van der Waals surface area contributed by atoms with E-state index in [1.54, 1.807) is 12.1 Å². The lowest BCUT2D eigenvalue weighted by Crippen LogP contribution is -2.46. The molecular formula is C22H41NO4S. The van der Waals surface area contributed by atoms with E-state index in [4.69, 9.17) is 0 Å². The molecule has 1 rings (SSSR count). The number of aliphatic hydroxyl groups is 1. The van der Waals surface area contributed by atoms with Gasteiger partial charge in [0.2, 0.25) is 0 Å². The maximum absolute atomic E-state index is 10.4. The van der Waals surface area contributed by atoms with Gasteiger partial charge in [0.15, 0.2) is 6.73 Å². The molecule has 1 N–H and O–H groups in total. The molecule has 1 aromatic rings. The number of unbranched alkanes of at least 4 members (excludes halogenated alkanes) is 7. The fourth-order valence-electron chi connectivity index (χ4n) is 2.98. The smallest absolute Gasteiger partial charge is 0.180 e. The molecule has 0 spiro atoms. The van der Waals surface area contributed by atoms with Crippen molar-refractivity contribution in [3.63, 3.8) is 0 Å². The molecule has 5 nitrogen and oxygen atoms in total. The first kappa shape index (κ1) is 27.0. The van der Waals surface area contributed by atoms with Crippen LogP contribution in [0, 0.1) is 6.92 Å². The van der Waals surface area contributed by atoms with E-state index in [1.165, 1.54) is 69.9 Å². The zero-order chi connectivity index (χ0) is 21.5. The van der Waals surface area contributed by atoms with Crippen molar-refractivity contribution < 1.29 is 22.6 Å². The van der Waals surface area contributed by atoms with Crippen LogP contribution in [0.2, 0.25) is 0 Å². The van der Waals surface area contributed by atoms with Crippen LogP contribution in [0.25, 0.3) is 0 Å². The highest BCUT2D eigenvalue weighted by molar-refractivity contribution is 7.85. The Morgan fingerprint density at radius 3 is 1.68 bits per heavy atom. The van der Waals surface area contributed by atoms with Gasteiger partial charge in [-0.15, -0.1) is 0 Å². The van der Waals surface area contributed by atoms with Gasteiger partial charge in [0.05, 0.1) is 25.0 Å². The van der Waals surface area contributed by atoms with Crippen molar-refractivity contribution in [3.8, 4) is 0 Å². The van der Waals surface area contributed by atoms with Crippen molar-refractivity contribution in [3.05, 3.63) is 29.8 Å². The summed E-state index contributed by atoms with van der Waals surface area (Å²) in [4.78, 5) is -0.178.